The second kappa shape index (κ2) is 4.16. The Bertz CT molecular complexity index is 185. The van der Waals surface area contributed by atoms with Crippen LogP contribution in [0.5, 0.6) is 0 Å². The van der Waals surface area contributed by atoms with E-state index in [0.717, 1.165) is 37.1 Å². The molecule has 0 aromatic carbocycles. The summed E-state index contributed by atoms with van der Waals surface area (Å²) in [6.45, 7) is 4.29. The predicted octanol–water partition coefficient (Wildman–Crippen LogP) is 2.58. The molecule has 0 aliphatic rings. The van der Waals surface area contributed by atoms with Crippen molar-refractivity contribution in [1.82, 2.24) is 5.16 Å². The van der Waals surface area contributed by atoms with Gasteiger partial charge < -0.3 is 4.52 Å². The monoisotopic (exact) mass is 153 g/mol. The maximum atomic E-state index is 5.11. The van der Waals surface area contributed by atoms with Gasteiger partial charge in [-0.2, -0.15) is 0 Å². The van der Waals surface area contributed by atoms with E-state index >= 15 is 0 Å². The highest BCUT2D eigenvalue weighted by atomic mass is 16.5. The van der Waals surface area contributed by atoms with Crippen LogP contribution in [-0.4, -0.2) is 5.16 Å². The molecule has 0 radical (unpaired) electrons. The van der Waals surface area contributed by atoms with E-state index in [1.165, 1.54) is 0 Å². The molecule has 0 amide bonds. The van der Waals surface area contributed by atoms with E-state index in [4.69, 9.17) is 4.52 Å². The van der Waals surface area contributed by atoms with Crippen LogP contribution < -0.4 is 0 Å². The molecule has 0 fully saturated rings. The summed E-state index contributed by atoms with van der Waals surface area (Å²) in [5, 5.41) is 3.95. The van der Waals surface area contributed by atoms with Gasteiger partial charge in [-0.3, -0.25) is 0 Å². The Balaban J connectivity index is 2.51. The van der Waals surface area contributed by atoms with Crippen LogP contribution in [0, 0.1) is 0 Å². The van der Waals surface area contributed by atoms with Crippen LogP contribution in [0.2, 0.25) is 0 Å². The van der Waals surface area contributed by atoms with Gasteiger partial charge in [0, 0.05) is 12.5 Å². The summed E-state index contributed by atoms with van der Waals surface area (Å²) in [7, 11) is 0. The van der Waals surface area contributed by atoms with Crippen molar-refractivity contribution in [3.8, 4) is 0 Å². The van der Waals surface area contributed by atoms with Gasteiger partial charge >= 0.3 is 0 Å². The standard InChI is InChI=1S/C9H15NO/c1-3-5-8-7-9(6-4-2)11-10-8/h7H,3-6H2,1-2H3. The van der Waals surface area contributed by atoms with Crippen molar-refractivity contribution in [2.75, 3.05) is 0 Å². The van der Waals surface area contributed by atoms with Crippen molar-refractivity contribution < 1.29 is 4.52 Å². The Labute approximate surface area is 67.6 Å². The van der Waals surface area contributed by atoms with Crippen LogP contribution in [0.4, 0.5) is 0 Å². The molecule has 0 N–H and O–H groups in total. The molecule has 0 unspecified atom stereocenters. The fraction of sp³-hybridized carbons (Fsp3) is 0.667. The molecule has 0 saturated carbocycles. The Morgan fingerprint density at radius 1 is 1.27 bits per heavy atom. The summed E-state index contributed by atoms with van der Waals surface area (Å²) in [5.74, 6) is 1.02. The van der Waals surface area contributed by atoms with Crippen LogP contribution in [0.15, 0.2) is 10.6 Å². The minimum Gasteiger partial charge on any atom is -0.361 e. The first-order valence-electron chi connectivity index (χ1n) is 4.31. The van der Waals surface area contributed by atoms with Gasteiger partial charge in [0.25, 0.3) is 0 Å². The van der Waals surface area contributed by atoms with Gasteiger partial charge in [0.15, 0.2) is 0 Å². The first-order valence-corrected chi connectivity index (χ1v) is 4.31. The van der Waals surface area contributed by atoms with Gasteiger partial charge in [0.05, 0.1) is 5.69 Å². The summed E-state index contributed by atoms with van der Waals surface area (Å²) >= 11 is 0. The largest absolute Gasteiger partial charge is 0.361 e. The molecule has 0 atom stereocenters. The lowest BCUT2D eigenvalue weighted by atomic mass is 10.2. The van der Waals surface area contributed by atoms with Crippen molar-refractivity contribution in [2.24, 2.45) is 0 Å². The minimum absolute atomic E-state index is 1.01. The van der Waals surface area contributed by atoms with Gasteiger partial charge in [-0.25, -0.2) is 0 Å². The molecule has 1 aromatic heterocycles. The van der Waals surface area contributed by atoms with Gasteiger partial charge in [-0.15, -0.1) is 0 Å². The lowest BCUT2D eigenvalue weighted by Gasteiger charge is -1.85. The first kappa shape index (κ1) is 8.31. The Kier molecular flexibility index (Phi) is 3.14. The molecule has 62 valence electrons. The zero-order valence-electron chi connectivity index (χ0n) is 7.26. The quantitative estimate of drug-likeness (QED) is 0.664. The van der Waals surface area contributed by atoms with E-state index in [9.17, 15) is 0 Å². The first-order chi connectivity index (χ1) is 5.36. The van der Waals surface area contributed by atoms with E-state index < -0.39 is 0 Å². The van der Waals surface area contributed by atoms with Crippen LogP contribution in [-0.2, 0) is 12.8 Å². The fourth-order valence-corrected chi connectivity index (χ4v) is 1.09. The summed E-state index contributed by atoms with van der Waals surface area (Å²) in [6, 6.07) is 2.06. The third-order valence-electron chi connectivity index (χ3n) is 1.61. The topological polar surface area (TPSA) is 26.0 Å². The van der Waals surface area contributed by atoms with Crippen molar-refractivity contribution in [1.29, 1.82) is 0 Å². The van der Waals surface area contributed by atoms with Gasteiger partial charge in [-0.05, 0) is 12.8 Å². The number of hydrogen-bond donors (Lipinski definition) is 0. The third kappa shape index (κ3) is 2.37. The summed E-state index contributed by atoms with van der Waals surface area (Å²) in [6.07, 6.45) is 4.31. The summed E-state index contributed by atoms with van der Waals surface area (Å²) in [5.41, 5.74) is 1.09. The number of hydrogen-bond acceptors (Lipinski definition) is 2. The van der Waals surface area contributed by atoms with E-state index in [-0.39, 0.29) is 0 Å². The predicted molar refractivity (Wildman–Crippen MR) is 44.5 cm³/mol. The second-order valence-corrected chi connectivity index (χ2v) is 2.78. The average molecular weight is 153 g/mol. The lowest BCUT2D eigenvalue weighted by molar-refractivity contribution is 0.376. The van der Waals surface area contributed by atoms with Crippen molar-refractivity contribution in [2.45, 2.75) is 39.5 Å². The highest BCUT2D eigenvalue weighted by Crippen LogP contribution is 2.07. The second-order valence-electron chi connectivity index (χ2n) is 2.78. The summed E-state index contributed by atoms with van der Waals surface area (Å²) in [4.78, 5) is 0. The highest BCUT2D eigenvalue weighted by molar-refractivity contribution is 5.05. The molecular formula is C9H15NO. The van der Waals surface area contributed by atoms with E-state index in [0.29, 0.717) is 0 Å². The van der Waals surface area contributed by atoms with Crippen LogP contribution in [0.3, 0.4) is 0 Å². The van der Waals surface area contributed by atoms with Gasteiger partial charge in [0.1, 0.15) is 5.76 Å². The molecule has 1 aromatic rings. The van der Waals surface area contributed by atoms with Gasteiger partial charge in [-0.1, -0.05) is 25.4 Å². The number of aromatic nitrogens is 1. The molecule has 2 heteroatoms. The number of nitrogens with zero attached hydrogens (tertiary/aromatic N) is 1. The number of aryl methyl sites for hydroxylation is 2. The van der Waals surface area contributed by atoms with Crippen LogP contribution in [0.25, 0.3) is 0 Å². The molecule has 0 spiro atoms. The third-order valence-corrected chi connectivity index (χ3v) is 1.61. The number of rotatable bonds is 4. The van der Waals surface area contributed by atoms with Crippen molar-refractivity contribution in [3.05, 3.63) is 17.5 Å². The minimum atomic E-state index is 1.01. The highest BCUT2D eigenvalue weighted by Gasteiger charge is 2.00. The molecule has 1 heterocycles. The van der Waals surface area contributed by atoms with Gasteiger partial charge in [0.2, 0.25) is 0 Å². The molecule has 0 aliphatic carbocycles. The SMILES string of the molecule is CCCc1cc(CCC)on1. The average Bonchev–Trinajstić information content (AvgIpc) is 2.38. The molecule has 0 aliphatic heterocycles. The molecule has 0 bridgehead atoms. The smallest absolute Gasteiger partial charge is 0.136 e. The molecular weight excluding hydrogens is 138 g/mol. The van der Waals surface area contributed by atoms with Crippen molar-refractivity contribution in [3.63, 3.8) is 0 Å². The maximum absolute atomic E-state index is 5.11. The molecule has 0 saturated heterocycles. The van der Waals surface area contributed by atoms with Crippen LogP contribution in [0.1, 0.15) is 38.1 Å². The summed E-state index contributed by atoms with van der Waals surface area (Å²) < 4.78 is 5.11. The lowest BCUT2D eigenvalue weighted by Crippen LogP contribution is -1.80. The van der Waals surface area contributed by atoms with Crippen molar-refractivity contribution >= 4 is 0 Å². The molecule has 1 rings (SSSR count). The zero-order chi connectivity index (χ0) is 8.10. The zero-order valence-corrected chi connectivity index (χ0v) is 7.26. The molecule has 11 heavy (non-hydrogen) atoms. The normalized spacial score (nSPS) is 10.4. The Morgan fingerprint density at radius 3 is 2.64 bits per heavy atom. The Morgan fingerprint density at radius 2 is 2.00 bits per heavy atom. The fourth-order valence-electron chi connectivity index (χ4n) is 1.09. The van der Waals surface area contributed by atoms with E-state index in [1.807, 2.05) is 0 Å². The van der Waals surface area contributed by atoms with E-state index in [1.54, 1.807) is 0 Å². The Hall–Kier alpha value is -0.790. The van der Waals surface area contributed by atoms with E-state index in [2.05, 4.69) is 25.1 Å². The van der Waals surface area contributed by atoms with Crippen LogP contribution >= 0.6 is 0 Å². The maximum Gasteiger partial charge on any atom is 0.136 e. The molecule has 2 nitrogen and oxygen atoms in total.